The van der Waals surface area contributed by atoms with Crippen molar-refractivity contribution in [3.63, 3.8) is 0 Å². The van der Waals surface area contributed by atoms with Crippen LogP contribution in [0.25, 0.3) is 0 Å². The van der Waals surface area contributed by atoms with Crippen molar-refractivity contribution in [1.29, 1.82) is 0 Å². The molecule has 1 N–H and O–H groups in total. The van der Waals surface area contributed by atoms with E-state index in [0.717, 1.165) is 24.2 Å². The van der Waals surface area contributed by atoms with E-state index in [1.807, 2.05) is 24.3 Å². The molecular weight excluding hydrogens is 512 g/mol. The average Bonchev–Trinajstić information content (AvgIpc) is 2.92. The molecule has 1 amide bonds. The molecule has 0 bridgehead atoms. The molecule has 2 unspecified atom stereocenters. The van der Waals surface area contributed by atoms with Gasteiger partial charge in [0.2, 0.25) is 0 Å². The first-order valence-electron chi connectivity index (χ1n) is 12.4. The summed E-state index contributed by atoms with van der Waals surface area (Å²) in [5, 5.41) is 3.50. The summed E-state index contributed by atoms with van der Waals surface area (Å²) in [6.07, 6.45) is 1.14. The van der Waals surface area contributed by atoms with Gasteiger partial charge in [-0.05, 0) is 49.2 Å². The highest BCUT2D eigenvalue weighted by atomic mass is 35.5. The van der Waals surface area contributed by atoms with Gasteiger partial charge < -0.3 is 14.8 Å². The van der Waals surface area contributed by atoms with Crippen molar-refractivity contribution in [2.24, 2.45) is 0 Å². The predicted octanol–water partition coefficient (Wildman–Crippen LogP) is 5.50. The molecule has 7 nitrogen and oxygen atoms in total. The third-order valence-electron chi connectivity index (χ3n) is 7.22. The van der Waals surface area contributed by atoms with Gasteiger partial charge in [-0.2, -0.15) is 0 Å². The lowest BCUT2D eigenvalue weighted by molar-refractivity contribution is -0.129. The number of nitrogens with one attached hydrogen (secondary N) is 1. The number of anilines is 1. The fourth-order valence-corrected chi connectivity index (χ4v) is 6.66. The third kappa shape index (κ3) is 4.76. The highest BCUT2D eigenvalue weighted by Crippen LogP contribution is 2.43. The monoisotopic (exact) mass is 540 g/mol. The van der Waals surface area contributed by atoms with Crippen LogP contribution in [0.4, 0.5) is 5.69 Å². The Bertz CT molecular complexity index is 1410. The van der Waals surface area contributed by atoms with Crippen LogP contribution < -0.4 is 19.1 Å². The van der Waals surface area contributed by atoms with E-state index in [2.05, 4.69) is 19.2 Å². The van der Waals surface area contributed by atoms with Crippen molar-refractivity contribution < 1.29 is 22.7 Å². The van der Waals surface area contributed by atoms with Gasteiger partial charge in [0, 0.05) is 17.0 Å². The zero-order valence-corrected chi connectivity index (χ0v) is 22.3. The Labute approximate surface area is 222 Å². The Morgan fingerprint density at radius 2 is 1.73 bits per heavy atom. The summed E-state index contributed by atoms with van der Waals surface area (Å²) in [7, 11) is -3.97. The predicted molar refractivity (Wildman–Crippen MR) is 143 cm³/mol. The summed E-state index contributed by atoms with van der Waals surface area (Å²) < 4.78 is 40.9. The second-order valence-electron chi connectivity index (χ2n) is 9.36. The standard InChI is InChI=1S/C28H29ClN2O5S/c1-3-28(4-2)17-22(21-12-8-9-13-24(21)36-28)30-27(32)26-18-31(23-16-19(29)14-15-25(23)35-26)37(33,34)20-10-6-5-7-11-20/h5-16,22,26H,3-4,17-18H2,1-2H3,(H,30,32). The fraction of sp³-hybridized carbons (Fsp3) is 0.321. The van der Waals surface area contributed by atoms with Crippen LogP contribution in [0.5, 0.6) is 11.5 Å². The van der Waals surface area contributed by atoms with Crippen molar-refractivity contribution in [3.8, 4) is 11.5 Å². The van der Waals surface area contributed by atoms with Crippen molar-refractivity contribution >= 4 is 33.2 Å². The number of halogens is 1. The average molecular weight is 541 g/mol. The van der Waals surface area contributed by atoms with Crippen molar-refractivity contribution in [1.82, 2.24) is 5.32 Å². The molecule has 5 rings (SSSR count). The van der Waals surface area contributed by atoms with E-state index in [1.54, 1.807) is 30.3 Å². The van der Waals surface area contributed by atoms with Gasteiger partial charge in [-0.15, -0.1) is 0 Å². The number of fused-ring (bicyclic) bond motifs is 2. The van der Waals surface area contributed by atoms with Crippen LogP contribution in [0.15, 0.2) is 77.7 Å². The van der Waals surface area contributed by atoms with Crippen LogP contribution in [-0.2, 0) is 14.8 Å². The van der Waals surface area contributed by atoms with E-state index >= 15 is 0 Å². The number of rotatable bonds is 6. The van der Waals surface area contributed by atoms with Gasteiger partial charge in [-0.3, -0.25) is 9.10 Å². The molecule has 0 radical (unpaired) electrons. The quantitative estimate of drug-likeness (QED) is 0.446. The molecule has 3 aromatic carbocycles. The third-order valence-corrected chi connectivity index (χ3v) is 9.25. The van der Waals surface area contributed by atoms with Crippen molar-refractivity contribution in [3.05, 3.63) is 83.4 Å². The minimum atomic E-state index is -3.97. The summed E-state index contributed by atoms with van der Waals surface area (Å²) in [6, 6.07) is 20.2. The lowest BCUT2D eigenvalue weighted by Crippen LogP contribution is -2.52. The maximum absolute atomic E-state index is 13.6. The number of hydrogen-bond acceptors (Lipinski definition) is 5. The fourth-order valence-electron chi connectivity index (χ4n) is 5.00. The highest BCUT2D eigenvalue weighted by Gasteiger charge is 2.42. The number of sulfonamides is 1. The van der Waals surface area contributed by atoms with Crippen LogP contribution >= 0.6 is 11.6 Å². The summed E-state index contributed by atoms with van der Waals surface area (Å²) in [6.45, 7) is 3.97. The maximum atomic E-state index is 13.6. The van der Waals surface area contributed by atoms with E-state index < -0.39 is 27.6 Å². The molecule has 2 aliphatic heterocycles. The Morgan fingerprint density at radius 1 is 1.03 bits per heavy atom. The van der Waals surface area contributed by atoms with Gasteiger partial charge in [-0.1, -0.05) is 61.8 Å². The molecule has 37 heavy (non-hydrogen) atoms. The van der Waals surface area contributed by atoms with Gasteiger partial charge in [0.15, 0.2) is 6.10 Å². The summed E-state index contributed by atoms with van der Waals surface area (Å²) in [5.41, 5.74) is 0.795. The molecule has 0 fully saturated rings. The molecule has 2 aliphatic rings. The first kappa shape index (κ1) is 25.4. The van der Waals surface area contributed by atoms with Crippen LogP contribution in [0.2, 0.25) is 5.02 Å². The minimum absolute atomic E-state index is 0.121. The molecule has 2 heterocycles. The van der Waals surface area contributed by atoms with Gasteiger partial charge in [-0.25, -0.2) is 8.42 Å². The maximum Gasteiger partial charge on any atom is 0.264 e. The molecule has 3 aromatic rings. The zero-order chi connectivity index (χ0) is 26.2. The first-order chi connectivity index (χ1) is 17.8. The number of amides is 1. The van der Waals surface area contributed by atoms with Crippen LogP contribution in [-0.4, -0.2) is 32.6 Å². The van der Waals surface area contributed by atoms with E-state index in [1.165, 1.54) is 22.5 Å². The minimum Gasteiger partial charge on any atom is -0.487 e. The number of hydrogen-bond donors (Lipinski definition) is 1. The van der Waals surface area contributed by atoms with Gasteiger partial charge in [0.1, 0.15) is 17.1 Å². The Hall–Kier alpha value is -3.23. The second-order valence-corrected chi connectivity index (χ2v) is 11.7. The number of carbonyl (C=O) groups excluding carboxylic acids is 1. The normalized spacial score (nSPS) is 20.1. The lowest BCUT2D eigenvalue weighted by Gasteiger charge is -2.42. The Morgan fingerprint density at radius 3 is 2.46 bits per heavy atom. The van der Waals surface area contributed by atoms with E-state index in [4.69, 9.17) is 21.1 Å². The summed E-state index contributed by atoms with van der Waals surface area (Å²) >= 11 is 6.20. The van der Waals surface area contributed by atoms with Crippen molar-refractivity contribution in [2.45, 2.75) is 55.8 Å². The van der Waals surface area contributed by atoms with Crippen LogP contribution in [0, 0.1) is 0 Å². The van der Waals surface area contributed by atoms with Gasteiger partial charge in [0.25, 0.3) is 15.9 Å². The zero-order valence-electron chi connectivity index (χ0n) is 20.7. The Balaban J connectivity index is 1.47. The highest BCUT2D eigenvalue weighted by molar-refractivity contribution is 7.92. The smallest absolute Gasteiger partial charge is 0.264 e. The van der Waals surface area contributed by atoms with Crippen LogP contribution in [0.3, 0.4) is 0 Å². The van der Waals surface area contributed by atoms with Crippen molar-refractivity contribution in [2.75, 3.05) is 10.8 Å². The van der Waals surface area contributed by atoms with E-state index in [0.29, 0.717) is 17.1 Å². The first-order valence-corrected chi connectivity index (χ1v) is 14.2. The Kier molecular flexibility index (Phi) is 6.81. The number of ether oxygens (including phenoxy) is 2. The molecule has 0 aliphatic carbocycles. The number of benzene rings is 3. The molecule has 0 aromatic heterocycles. The SMILES string of the molecule is CCC1(CC)CC(NC(=O)C2CN(S(=O)(=O)c3ccccc3)c3cc(Cl)ccc3O2)c2ccccc2O1. The topological polar surface area (TPSA) is 84.9 Å². The van der Waals surface area contributed by atoms with Gasteiger partial charge >= 0.3 is 0 Å². The molecular formula is C28H29ClN2O5S. The van der Waals surface area contributed by atoms with Crippen LogP contribution in [0.1, 0.15) is 44.7 Å². The summed E-state index contributed by atoms with van der Waals surface area (Å²) in [5.74, 6) is 0.636. The van der Waals surface area contributed by atoms with E-state index in [9.17, 15) is 13.2 Å². The largest absolute Gasteiger partial charge is 0.487 e. The number of carbonyl (C=O) groups is 1. The molecule has 0 saturated heterocycles. The number of para-hydroxylation sites is 1. The lowest BCUT2D eigenvalue weighted by atomic mass is 9.83. The summed E-state index contributed by atoms with van der Waals surface area (Å²) in [4.78, 5) is 13.7. The molecule has 194 valence electrons. The van der Waals surface area contributed by atoms with Gasteiger partial charge in [0.05, 0.1) is 23.2 Å². The molecule has 0 spiro atoms. The second kappa shape index (κ2) is 9.91. The molecule has 2 atom stereocenters. The number of nitrogens with zero attached hydrogens (tertiary/aromatic N) is 1. The molecule has 0 saturated carbocycles. The van der Waals surface area contributed by atoms with E-state index in [-0.39, 0.29) is 23.2 Å². The molecule has 9 heteroatoms.